The Bertz CT molecular complexity index is 981. The third kappa shape index (κ3) is 2.72. The first kappa shape index (κ1) is 16.9. The van der Waals surface area contributed by atoms with Crippen molar-refractivity contribution in [3.8, 4) is 11.1 Å². The van der Waals surface area contributed by atoms with Crippen LogP contribution in [0.4, 0.5) is 0 Å². The van der Waals surface area contributed by atoms with Crippen LogP contribution in [0.15, 0.2) is 46.9 Å². The SMILES string of the molecule is CCc1ccccc1-c1c(CC)ccc2c1C=C(c1cc(C)c(C)o1)C2. The average Bonchev–Trinajstić information content (AvgIpc) is 3.24. The van der Waals surface area contributed by atoms with Gasteiger partial charge in [0.15, 0.2) is 0 Å². The molecule has 0 N–H and O–H groups in total. The largest absolute Gasteiger partial charge is 0.461 e. The molecule has 1 nitrogen and oxygen atoms in total. The monoisotopic (exact) mass is 342 g/mol. The summed E-state index contributed by atoms with van der Waals surface area (Å²) < 4.78 is 6.01. The number of fused-ring (bicyclic) bond motifs is 1. The molecule has 1 aromatic heterocycles. The van der Waals surface area contributed by atoms with Crippen LogP contribution in [0.5, 0.6) is 0 Å². The lowest BCUT2D eigenvalue weighted by molar-refractivity contribution is 0.518. The van der Waals surface area contributed by atoms with Crippen LogP contribution in [0.3, 0.4) is 0 Å². The number of hydrogen-bond acceptors (Lipinski definition) is 1. The Kier molecular flexibility index (Phi) is 4.32. The molecule has 0 saturated heterocycles. The van der Waals surface area contributed by atoms with Crippen molar-refractivity contribution in [3.63, 3.8) is 0 Å². The summed E-state index contributed by atoms with van der Waals surface area (Å²) in [6.45, 7) is 8.64. The number of benzene rings is 2. The van der Waals surface area contributed by atoms with Gasteiger partial charge in [-0.1, -0.05) is 50.2 Å². The Balaban J connectivity index is 1.91. The second-order valence-corrected chi connectivity index (χ2v) is 7.23. The van der Waals surface area contributed by atoms with Crippen LogP contribution in [0.2, 0.25) is 0 Å². The van der Waals surface area contributed by atoms with E-state index in [4.69, 9.17) is 4.42 Å². The minimum absolute atomic E-state index is 0.951. The van der Waals surface area contributed by atoms with E-state index < -0.39 is 0 Å². The highest BCUT2D eigenvalue weighted by atomic mass is 16.3. The minimum atomic E-state index is 0.951. The summed E-state index contributed by atoms with van der Waals surface area (Å²) in [6.07, 6.45) is 5.40. The van der Waals surface area contributed by atoms with Gasteiger partial charge in [-0.2, -0.15) is 0 Å². The van der Waals surface area contributed by atoms with Crippen molar-refractivity contribution in [2.24, 2.45) is 0 Å². The molecule has 1 aliphatic rings. The molecule has 0 amide bonds. The number of allylic oxidation sites excluding steroid dienone is 1. The predicted molar refractivity (Wildman–Crippen MR) is 110 cm³/mol. The molecule has 0 saturated carbocycles. The molecule has 1 heteroatoms. The summed E-state index contributed by atoms with van der Waals surface area (Å²) in [5, 5.41) is 0. The van der Waals surface area contributed by atoms with E-state index in [1.807, 2.05) is 6.92 Å². The fourth-order valence-corrected chi connectivity index (χ4v) is 4.03. The van der Waals surface area contributed by atoms with Crippen molar-refractivity contribution in [1.29, 1.82) is 0 Å². The Morgan fingerprint density at radius 1 is 0.923 bits per heavy atom. The molecule has 1 aliphatic carbocycles. The van der Waals surface area contributed by atoms with Crippen LogP contribution >= 0.6 is 0 Å². The lowest BCUT2D eigenvalue weighted by Gasteiger charge is -2.16. The third-order valence-corrected chi connectivity index (χ3v) is 5.65. The highest BCUT2D eigenvalue weighted by Crippen LogP contribution is 2.41. The summed E-state index contributed by atoms with van der Waals surface area (Å²) in [5.41, 5.74) is 10.9. The Labute approximate surface area is 156 Å². The van der Waals surface area contributed by atoms with Crippen LogP contribution in [-0.4, -0.2) is 0 Å². The van der Waals surface area contributed by atoms with Gasteiger partial charge >= 0.3 is 0 Å². The van der Waals surface area contributed by atoms with Crippen molar-refractivity contribution < 1.29 is 4.42 Å². The third-order valence-electron chi connectivity index (χ3n) is 5.65. The zero-order valence-electron chi connectivity index (χ0n) is 16.1. The molecule has 1 heterocycles. The molecule has 132 valence electrons. The van der Waals surface area contributed by atoms with Gasteiger partial charge in [0, 0.05) is 6.42 Å². The van der Waals surface area contributed by atoms with E-state index in [0.29, 0.717) is 0 Å². The van der Waals surface area contributed by atoms with E-state index in [-0.39, 0.29) is 0 Å². The van der Waals surface area contributed by atoms with Gasteiger partial charge in [-0.15, -0.1) is 0 Å². The molecule has 0 radical (unpaired) electrons. The number of hydrogen-bond donors (Lipinski definition) is 0. The first-order chi connectivity index (χ1) is 12.6. The van der Waals surface area contributed by atoms with Gasteiger partial charge in [-0.05, 0) is 83.3 Å². The molecule has 0 spiro atoms. The number of aryl methyl sites for hydroxylation is 4. The van der Waals surface area contributed by atoms with E-state index >= 15 is 0 Å². The normalized spacial score (nSPS) is 13.0. The van der Waals surface area contributed by atoms with Gasteiger partial charge in [0.25, 0.3) is 0 Å². The molecule has 0 atom stereocenters. The molecule has 0 bridgehead atoms. The topological polar surface area (TPSA) is 13.1 Å². The fraction of sp³-hybridized carbons (Fsp3) is 0.280. The van der Waals surface area contributed by atoms with Crippen LogP contribution < -0.4 is 0 Å². The zero-order valence-corrected chi connectivity index (χ0v) is 16.1. The summed E-state index contributed by atoms with van der Waals surface area (Å²) in [7, 11) is 0. The second-order valence-electron chi connectivity index (χ2n) is 7.23. The summed E-state index contributed by atoms with van der Waals surface area (Å²) >= 11 is 0. The molecule has 26 heavy (non-hydrogen) atoms. The van der Waals surface area contributed by atoms with Gasteiger partial charge in [0.05, 0.1) is 0 Å². The first-order valence-electron chi connectivity index (χ1n) is 9.63. The minimum Gasteiger partial charge on any atom is -0.461 e. The van der Waals surface area contributed by atoms with Crippen molar-refractivity contribution in [1.82, 2.24) is 0 Å². The maximum atomic E-state index is 6.01. The second kappa shape index (κ2) is 6.64. The average molecular weight is 342 g/mol. The maximum absolute atomic E-state index is 6.01. The summed E-state index contributed by atoms with van der Waals surface area (Å²) in [6, 6.07) is 15.6. The van der Waals surface area contributed by atoms with Crippen molar-refractivity contribution >= 4 is 11.6 Å². The van der Waals surface area contributed by atoms with E-state index in [1.54, 1.807) is 0 Å². The van der Waals surface area contributed by atoms with Crippen LogP contribution in [0.1, 0.15) is 53.2 Å². The van der Waals surface area contributed by atoms with Crippen molar-refractivity contribution in [2.45, 2.75) is 47.0 Å². The lowest BCUT2D eigenvalue weighted by atomic mass is 9.88. The van der Waals surface area contributed by atoms with Crippen molar-refractivity contribution in [2.75, 3.05) is 0 Å². The van der Waals surface area contributed by atoms with Gasteiger partial charge in [0.2, 0.25) is 0 Å². The smallest absolute Gasteiger partial charge is 0.130 e. The van der Waals surface area contributed by atoms with Crippen LogP contribution in [-0.2, 0) is 19.3 Å². The number of furan rings is 1. The maximum Gasteiger partial charge on any atom is 0.130 e. The van der Waals surface area contributed by atoms with Crippen molar-refractivity contribution in [3.05, 3.63) is 81.8 Å². The Morgan fingerprint density at radius 2 is 1.69 bits per heavy atom. The van der Waals surface area contributed by atoms with Gasteiger partial charge in [-0.3, -0.25) is 0 Å². The van der Waals surface area contributed by atoms with E-state index in [2.05, 4.69) is 69.3 Å². The first-order valence-corrected chi connectivity index (χ1v) is 9.63. The van der Waals surface area contributed by atoms with E-state index in [1.165, 1.54) is 44.5 Å². The lowest BCUT2D eigenvalue weighted by Crippen LogP contribution is -1.97. The highest BCUT2D eigenvalue weighted by molar-refractivity contribution is 5.94. The Hall–Kier alpha value is -2.54. The molecule has 2 aromatic carbocycles. The molecule has 4 rings (SSSR count). The molecular weight excluding hydrogens is 316 g/mol. The zero-order chi connectivity index (χ0) is 18.3. The molecular formula is C25H26O. The molecule has 0 aliphatic heterocycles. The predicted octanol–water partition coefficient (Wildman–Crippen LogP) is 6.78. The van der Waals surface area contributed by atoms with Gasteiger partial charge in [0.1, 0.15) is 11.5 Å². The van der Waals surface area contributed by atoms with Gasteiger partial charge in [-0.25, -0.2) is 0 Å². The molecule has 0 fully saturated rings. The standard InChI is InChI=1S/C25H26O/c1-5-18-9-7-8-10-22(18)25-19(6-2)11-12-20-14-21(15-23(20)25)24-13-16(3)17(4)26-24/h7-13,15H,5-6,14H2,1-4H3. The molecule has 0 unspecified atom stereocenters. The number of rotatable bonds is 4. The summed E-state index contributed by atoms with van der Waals surface area (Å²) in [5.74, 6) is 2.03. The van der Waals surface area contributed by atoms with Crippen LogP contribution in [0, 0.1) is 13.8 Å². The fourth-order valence-electron chi connectivity index (χ4n) is 4.03. The van der Waals surface area contributed by atoms with Crippen LogP contribution in [0.25, 0.3) is 22.8 Å². The Morgan fingerprint density at radius 3 is 2.38 bits per heavy atom. The highest BCUT2D eigenvalue weighted by Gasteiger charge is 2.22. The molecule has 3 aromatic rings. The van der Waals surface area contributed by atoms with E-state index in [9.17, 15) is 0 Å². The summed E-state index contributed by atoms with van der Waals surface area (Å²) in [4.78, 5) is 0. The quantitative estimate of drug-likeness (QED) is 0.509. The van der Waals surface area contributed by atoms with Gasteiger partial charge < -0.3 is 4.42 Å². The van der Waals surface area contributed by atoms with E-state index in [0.717, 1.165) is 30.8 Å².